The standard InChI is InChI=1S/C54H77O4PS/c1-21-51(13,14)35-29-37-38-30-36(52(15,16)22-2)32-42(54(19,20)24-4)47(38)57-59(56-46(37)41(31-35)53(17,18)23-3)58-48-40(50(10,11)12)26-34(6)28-44(48)60-43-27-33(5)25-39(45(43)55)49(7,8)9/h25-32,55H,21-24H2,1-20H3. The van der Waals surface area contributed by atoms with Crippen LogP contribution in [0, 0.1) is 13.8 Å². The highest BCUT2D eigenvalue weighted by atomic mass is 32.2. The van der Waals surface area contributed by atoms with Gasteiger partial charge in [0.05, 0.1) is 9.79 Å². The normalized spacial score (nSPS) is 13.4. The second-order valence-electron chi connectivity index (χ2n) is 22.1. The number of rotatable bonds is 12. The van der Waals surface area contributed by atoms with Crippen molar-refractivity contribution in [1.29, 1.82) is 0 Å². The fourth-order valence-electron chi connectivity index (χ4n) is 7.69. The van der Waals surface area contributed by atoms with E-state index in [1.807, 2.05) is 0 Å². The van der Waals surface area contributed by atoms with Crippen molar-refractivity contribution < 1.29 is 18.0 Å². The molecule has 0 radical (unpaired) electrons. The predicted molar refractivity (Wildman–Crippen MR) is 261 cm³/mol. The highest BCUT2D eigenvalue weighted by Crippen LogP contribution is 2.52. The third kappa shape index (κ3) is 9.53. The summed E-state index contributed by atoms with van der Waals surface area (Å²) < 4.78 is 22.2. The molecule has 6 heteroatoms. The zero-order valence-electron chi connectivity index (χ0n) is 41.0. The van der Waals surface area contributed by atoms with Gasteiger partial charge in [0, 0.05) is 33.0 Å². The van der Waals surface area contributed by atoms with Crippen LogP contribution >= 0.6 is 20.0 Å². The molecule has 0 saturated carbocycles. The number of hydrogen-bond acceptors (Lipinski definition) is 5. The van der Waals surface area contributed by atoms with E-state index >= 15 is 0 Å². The molecule has 0 aliphatic heterocycles. The SMILES string of the molecule is CCC(C)(C)c1cc(C(C)(C)CC)c2op(Oc3c(Sc4cc(C)cc(C(C)(C)C)c4O)cc(C)cc3C(C)(C)C)oc3c(C(C)(C)CC)cc(C(C)(C)CC)cc3c2c1. The molecule has 1 N–H and O–H groups in total. The first-order chi connectivity index (χ1) is 27.5. The van der Waals surface area contributed by atoms with Gasteiger partial charge < -0.3 is 18.0 Å². The largest absolute Gasteiger partial charge is 0.506 e. The Kier molecular flexibility index (Phi) is 13.4. The topological polar surface area (TPSA) is 55.7 Å². The lowest BCUT2D eigenvalue weighted by Crippen LogP contribution is -2.21. The first kappa shape index (κ1) is 47.8. The van der Waals surface area contributed by atoms with Gasteiger partial charge in [0.25, 0.3) is 0 Å². The molecule has 0 saturated heterocycles. The van der Waals surface area contributed by atoms with Gasteiger partial charge in [-0.25, -0.2) is 0 Å². The van der Waals surface area contributed by atoms with E-state index in [9.17, 15) is 5.11 Å². The Hall–Kier alpha value is -3.27. The number of benzene rings is 4. The highest BCUT2D eigenvalue weighted by molar-refractivity contribution is 7.99. The average molecular weight is 853 g/mol. The van der Waals surface area contributed by atoms with Crippen LogP contribution in [0.4, 0.5) is 0 Å². The van der Waals surface area contributed by atoms with Gasteiger partial charge in [0.15, 0.2) is 5.75 Å². The Bertz CT molecular complexity index is 2330. The molecule has 4 nitrogen and oxygen atoms in total. The van der Waals surface area contributed by atoms with E-state index in [2.05, 4.69) is 187 Å². The fourth-order valence-corrected chi connectivity index (χ4v) is 10.1. The van der Waals surface area contributed by atoms with E-state index in [1.54, 1.807) is 11.8 Å². The van der Waals surface area contributed by atoms with Gasteiger partial charge in [0.1, 0.15) is 16.9 Å². The van der Waals surface area contributed by atoms with Crippen molar-refractivity contribution >= 4 is 41.9 Å². The Morgan fingerprint density at radius 1 is 0.500 bits per heavy atom. The van der Waals surface area contributed by atoms with Gasteiger partial charge >= 0.3 is 8.24 Å². The quantitative estimate of drug-likeness (QED) is 0.135. The van der Waals surface area contributed by atoms with Gasteiger partial charge in [-0.3, -0.25) is 0 Å². The van der Waals surface area contributed by atoms with Crippen LogP contribution in [-0.4, -0.2) is 5.11 Å². The van der Waals surface area contributed by atoms with Crippen molar-refractivity contribution in [3.63, 3.8) is 0 Å². The molecule has 0 atom stereocenters. The zero-order chi connectivity index (χ0) is 45.1. The molecule has 0 fully saturated rings. The van der Waals surface area contributed by atoms with Crippen LogP contribution in [0.15, 0.2) is 66.7 Å². The number of aromatic hydroxyl groups is 1. The van der Waals surface area contributed by atoms with Gasteiger partial charge in [0.2, 0.25) is 0 Å². The van der Waals surface area contributed by atoms with E-state index in [-0.39, 0.29) is 32.5 Å². The van der Waals surface area contributed by atoms with Crippen LogP contribution in [0.1, 0.15) is 195 Å². The Balaban J connectivity index is 2.02. The average Bonchev–Trinajstić information content (AvgIpc) is 3.31. The Morgan fingerprint density at radius 3 is 1.27 bits per heavy atom. The number of fused-ring (bicyclic) bond motifs is 3. The lowest BCUT2D eigenvalue weighted by atomic mass is 9.74. The molecular formula is C54H77O4PS. The predicted octanol–water partition coefficient (Wildman–Crippen LogP) is 18.0. The third-order valence-electron chi connectivity index (χ3n) is 13.8. The van der Waals surface area contributed by atoms with Gasteiger partial charge in [-0.05, 0) is 119 Å². The molecule has 0 bridgehead atoms. The molecule has 0 aliphatic rings. The maximum Gasteiger partial charge on any atom is 0.453 e. The summed E-state index contributed by atoms with van der Waals surface area (Å²) in [7, 11) is -2.05. The monoisotopic (exact) mass is 853 g/mol. The van der Waals surface area contributed by atoms with Crippen molar-refractivity contribution in [2.24, 2.45) is 0 Å². The fraction of sp³-hybridized carbons (Fsp3) is 0.556. The summed E-state index contributed by atoms with van der Waals surface area (Å²) in [5, 5.41) is 14.0. The lowest BCUT2D eigenvalue weighted by Gasteiger charge is -2.30. The summed E-state index contributed by atoms with van der Waals surface area (Å²) in [6, 6.07) is 18.2. The van der Waals surface area contributed by atoms with E-state index < -0.39 is 8.24 Å². The van der Waals surface area contributed by atoms with Crippen molar-refractivity contribution in [2.45, 2.75) is 206 Å². The first-order valence-electron chi connectivity index (χ1n) is 22.4. The van der Waals surface area contributed by atoms with Crippen LogP contribution in [0.3, 0.4) is 0 Å². The lowest BCUT2D eigenvalue weighted by molar-refractivity contribution is 0.434. The van der Waals surface area contributed by atoms with Gasteiger partial charge in [-0.2, -0.15) is 0 Å². The third-order valence-corrected chi connectivity index (χ3v) is 15.8. The smallest absolute Gasteiger partial charge is 0.453 e. The second kappa shape index (κ2) is 16.8. The second-order valence-corrected chi connectivity index (χ2v) is 24.2. The summed E-state index contributed by atoms with van der Waals surface area (Å²) in [6.07, 6.45) is 3.88. The highest BCUT2D eigenvalue weighted by Gasteiger charge is 2.33. The minimum Gasteiger partial charge on any atom is -0.506 e. The molecule has 1 heterocycles. The van der Waals surface area contributed by atoms with E-state index in [4.69, 9.17) is 12.9 Å². The summed E-state index contributed by atoms with van der Waals surface area (Å²) in [5.74, 6) is 1.04. The van der Waals surface area contributed by atoms with E-state index in [0.29, 0.717) is 5.75 Å². The molecule has 5 aromatic rings. The maximum absolute atomic E-state index is 11.8. The van der Waals surface area contributed by atoms with Gasteiger partial charge in [-0.15, -0.1) is 0 Å². The minimum atomic E-state index is -2.05. The van der Waals surface area contributed by atoms with Crippen molar-refractivity contribution in [3.05, 3.63) is 93.0 Å². The van der Waals surface area contributed by atoms with Crippen LogP contribution in [0.25, 0.3) is 21.9 Å². The van der Waals surface area contributed by atoms with E-state index in [0.717, 1.165) is 85.4 Å². The van der Waals surface area contributed by atoms with Crippen LogP contribution in [-0.2, 0) is 32.5 Å². The van der Waals surface area contributed by atoms with Gasteiger partial charge in [-0.1, -0.05) is 161 Å². The van der Waals surface area contributed by atoms with Crippen molar-refractivity contribution in [3.8, 4) is 11.5 Å². The number of hydrogen-bond donors (Lipinski definition) is 1. The summed E-state index contributed by atoms with van der Waals surface area (Å²) in [5.41, 5.74) is 9.86. The zero-order valence-corrected chi connectivity index (χ0v) is 42.7. The number of phenols is 1. The molecule has 0 unspecified atom stereocenters. The Labute approximate surface area is 369 Å². The molecule has 0 amide bonds. The molecule has 5 rings (SSSR count). The Morgan fingerprint density at radius 2 is 0.883 bits per heavy atom. The molecule has 4 aromatic carbocycles. The van der Waals surface area contributed by atoms with Crippen LogP contribution < -0.4 is 4.52 Å². The molecular weight excluding hydrogens is 776 g/mol. The minimum absolute atomic E-state index is 0.0577. The number of phenolic OH excluding ortho intramolecular Hbond substituents is 1. The number of aryl methyl sites for hydroxylation is 2. The molecule has 0 spiro atoms. The summed E-state index contributed by atoms with van der Waals surface area (Å²) >= 11 is 1.56. The first-order valence-corrected chi connectivity index (χ1v) is 24.3. The van der Waals surface area contributed by atoms with E-state index in [1.165, 1.54) is 22.3 Å². The molecule has 60 heavy (non-hydrogen) atoms. The molecule has 0 aliphatic carbocycles. The van der Waals surface area contributed by atoms with Crippen LogP contribution in [0.2, 0.25) is 0 Å². The molecule has 1 aromatic heterocycles. The van der Waals surface area contributed by atoms with Crippen molar-refractivity contribution in [1.82, 2.24) is 0 Å². The maximum atomic E-state index is 11.8. The summed E-state index contributed by atoms with van der Waals surface area (Å²) in [4.78, 5) is 1.72. The molecule has 328 valence electrons. The van der Waals surface area contributed by atoms with Crippen LogP contribution in [0.5, 0.6) is 11.5 Å². The van der Waals surface area contributed by atoms with Crippen molar-refractivity contribution in [2.75, 3.05) is 0 Å². The summed E-state index contributed by atoms with van der Waals surface area (Å²) in [6.45, 7) is 45.2.